The summed E-state index contributed by atoms with van der Waals surface area (Å²) in [5, 5.41) is 5.93. The zero-order valence-electron chi connectivity index (χ0n) is 13.8. The average molecular weight is 321 g/mol. The Bertz CT molecular complexity index is 487. The molecule has 3 unspecified atom stereocenters. The first-order valence-electron chi connectivity index (χ1n) is 9.01. The number of piperidine rings is 1. The summed E-state index contributed by atoms with van der Waals surface area (Å²) in [7, 11) is 0. The molecule has 23 heavy (non-hydrogen) atoms. The van der Waals surface area contributed by atoms with Crippen molar-refractivity contribution in [3.63, 3.8) is 0 Å². The van der Waals surface area contributed by atoms with Crippen molar-refractivity contribution >= 4 is 17.7 Å². The molecule has 3 amide bonds. The van der Waals surface area contributed by atoms with Gasteiger partial charge in [0.15, 0.2) is 0 Å². The summed E-state index contributed by atoms with van der Waals surface area (Å²) in [5.41, 5.74) is 0. The summed E-state index contributed by atoms with van der Waals surface area (Å²) in [4.78, 5) is 38.7. The number of piperazine rings is 1. The molecule has 1 aliphatic carbocycles. The smallest absolute Gasteiger partial charge is 0.245 e. The highest BCUT2D eigenvalue weighted by molar-refractivity contribution is 5.97. The first-order chi connectivity index (χ1) is 11.1. The highest BCUT2D eigenvalue weighted by atomic mass is 16.2. The molecule has 6 nitrogen and oxygen atoms in total. The number of nitrogens with zero attached hydrogens (tertiary/aromatic N) is 1. The van der Waals surface area contributed by atoms with Crippen LogP contribution in [0.1, 0.15) is 58.3 Å². The van der Waals surface area contributed by atoms with E-state index >= 15 is 0 Å². The summed E-state index contributed by atoms with van der Waals surface area (Å²) in [5.74, 6) is 0.215. The Kier molecular flexibility index (Phi) is 4.87. The van der Waals surface area contributed by atoms with Crippen LogP contribution >= 0.6 is 0 Å². The van der Waals surface area contributed by atoms with Crippen molar-refractivity contribution < 1.29 is 14.4 Å². The van der Waals surface area contributed by atoms with Gasteiger partial charge in [-0.3, -0.25) is 14.4 Å². The number of carbonyl (C=O) groups excluding carboxylic acids is 3. The molecule has 0 spiro atoms. The number of carbonyl (C=O) groups is 3. The molecular weight excluding hydrogens is 294 g/mol. The van der Waals surface area contributed by atoms with E-state index in [9.17, 15) is 14.4 Å². The standard InChI is InChI=1S/C17H27N3O3/c1-2-13-17(23)20-9-8-12(10-14(20)16(22)19-13)18-15(21)11-6-4-3-5-7-11/h11-14H,2-10H2,1H3,(H,18,21)(H,19,22). The van der Waals surface area contributed by atoms with E-state index in [-0.39, 0.29) is 35.7 Å². The van der Waals surface area contributed by atoms with Gasteiger partial charge in [0, 0.05) is 18.5 Å². The first-order valence-corrected chi connectivity index (χ1v) is 9.01. The second kappa shape index (κ2) is 6.89. The van der Waals surface area contributed by atoms with Crippen molar-refractivity contribution in [2.75, 3.05) is 6.54 Å². The zero-order valence-corrected chi connectivity index (χ0v) is 13.8. The normalized spacial score (nSPS) is 32.2. The van der Waals surface area contributed by atoms with Crippen molar-refractivity contribution in [3.05, 3.63) is 0 Å². The molecule has 128 valence electrons. The second-order valence-electron chi connectivity index (χ2n) is 7.08. The maximum absolute atomic E-state index is 12.4. The predicted molar refractivity (Wildman–Crippen MR) is 85.5 cm³/mol. The third-order valence-electron chi connectivity index (χ3n) is 5.53. The highest BCUT2D eigenvalue weighted by Crippen LogP contribution is 2.26. The fourth-order valence-electron chi connectivity index (χ4n) is 4.10. The van der Waals surface area contributed by atoms with Crippen molar-refractivity contribution in [2.24, 2.45) is 5.92 Å². The van der Waals surface area contributed by atoms with Crippen LogP contribution in [-0.2, 0) is 14.4 Å². The van der Waals surface area contributed by atoms with Gasteiger partial charge in [-0.25, -0.2) is 0 Å². The molecule has 2 aliphatic heterocycles. The molecule has 3 aliphatic rings. The lowest BCUT2D eigenvalue weighted by Crippen LogP contribution is -2.66. The van der Waals surface area contributed by atoms with E-state index in [0.717, 1.165) is 32.1 Å². The Balaban J connectivity index is 1.58. The Hall–Kier alpha value is -1.59. The lowest BCUT2D eigenvalue weighted by molar-refractivity contribution is -0.152. The molecule has 2 N–H and O–H groups in total. The monoisotopic (exact) mass is 321 g/mol. The van der Waals surface area contributed by atoms with Crippen LogP contribution in [-0.4, -0.2) is 47.3 Å². The lowest BCUT2D eigenvalue weighted by atomic mass is 9.87. The molecule has 2 saturated heterocycles. The third-order valence-corrected chi connectivity index (χ3v) is 5.53. The quantitative estimate of drug-likeness (QED) is 0.812. The van der Waals surface area contributed by atoms with Gasteiger partial charge >= 0.3 is 0 Å². The number of hydrogen-bond acceptors (Lipinski definition) is 3. The molecular formula is C17H27N3O3. The van der Waals surface area contributed by atoms with E-state index in [0.29, 0.717) is 19.4 Å². The Morgan fingerprint density at radius 1 is 1.22 bits per heavy atom. The van der Waals surface area contributed by atoms with E-state index < -0.39 is 6.04 Å². The largest absolute Gasteiger partial charge is 0.353 e. The number of fused-ring (bicyclic) bond motifs is 1. The Labute approximate surface area is 137 Å². The molecule has 0 radical (unpaired) electrons. The summed E-state index contributed by atoms with van der Waals surface area (Å²) in [6, 6.07) is -0.801. The Morgan fingerprint density at radius 2 is 1.96 bits per heavy atom. The summed E-state index contributed by atoms with van der Waals surface area (Å²) >= 11 is 0. The van der Waals surface area contributed by atoms with Crippen LogP contribution in [0.3, 0.4) is 0 Å². The predicted octanol–water partition coefficient (Wildman–Crippen LogP) is 0.951. The van der Waals surface area contributed by atoms with Crippen molar-refractivity contribution in [3.8, 4) is 0 Å². The molecule has 0 aromatic carbocycles. The maximum atomic E-state index is 12.4. The molecule has 0 bridgehead atoms. The van der Waals surface area contributed by atoms with Gasteiger partial charge in [0.25, 0.3) is 0 Å². The minimum absolute atomic E-state index is 0.00223. The van der Waals surface area contributed by atoms with Crippen LogP contribution in [0, 0.1) is 5.92 Å². The van der Waals surface area contributed by atoms with E-state index in [4.69, 9.17) is 0 Å². The highest BCUT2D eigenvalue weighted by Gasteiger charge is 2.43. The van der Waals surface area contributed by atoms with Gasteiger partial charge in [0.1, 0.15) is 12.1 Å². The van der Waals surface area contributed by atoms with Crippen LogP contribution in [0.2, 0.25) is 0 Å². The van der Waals surface area contributed by atoms with Gasteiger partial charge in [0.2, 0.25) is 17.7 Å². The molecule has 3 atom stereocenters. The third kappa shape index (κ3) is 3.35. The van der Waals surface area contributed by atoms with Gasteiger partial charge in [-0.05, 0) is 32.1 Å². The first kappa shape index (κ1) is 16.3. The van der Waals surface area contributed by atoms with Crippen LogP contribution < -0.4 is 10.6 Å². The van der Waals surface area contributed by atoms with Gasteiger partial charge in [0.05, 0.1) is 0 Å². The fourth-order valence-corrected chi connectivity index (χ4v) is 4.10. The molecule has 1 saturated carbocycles. The number of rotatable bonds is 3. The van der Waals surface area contributed by atoms with E-state index in [2.05, 4.69) is 10.6 Å². The van der Waals surface area contributed by atoms with Gasteiger partial charge in [-0.1, -0.05) is 26.2 Å². The van der Waals surface area contributed by atoms with E-state index in [1.54, 1.807) is 4.90 Å². The Morgan fingerprint density at radius 3 is 2.65 bits per heavy atom. The minimum Gasteiger partial charge on any atom is -0.353 e. The fraction of sp³-hybridized carbons (Fsp3) is 0.824. The molecule has 3 fully saturated rings. The van der Waals surface area contributed by atoms with Crippen LogP contribution in [0.4, 0.5) is 0 Å². The average Bonchev–Trinajstić information content (AvgIpc) is 2.58. The van der Waals surface area contributed by atoms with Crippen LogP contribution in [0.15, 0.2) is 0 Å². The molecule has 0 aromatic rings. The molecule has 6 heteroatoms. The van der Waals surface area contributed by atoms with E-state index in [1.165, 1.54) is 6.42 Å². The summed E-state index contributed by atoms with van der Waals surface area (Å²) in [6.45, 7) is 2.46. The lowest BCUT2D eigenvalue weighted by Gasteiger charge is -2.44. The second-order valence-corrected chi connectivity index (χ2v) is 7.08. The molecule has 0 aromatic heterocycles. The summed E-state index contributed by atoms with van der Waals surface area (Å²) < 4.78 is 0. The van der Waals surface area contributed by atoms with Crippen molar-refractivity contribution in [2.45, 2.75) is 76.4 Å². The van der Waals surface area contributed by atoms with Gasteiger partial charge in [-0.15, -0.1) is 0 Å². The van der Waals surface area contributed by atoms with Crippen molar-refractivity contribution in [1.29, 1.82) is 0 Å². The summed E-state index contributed by atoms with van der Waals surface area (Å²) in [6.07, 6.45) is 7.34. The van der Waals surface area contributed by atoms with Crippen molar-refractivity contribution in [1.82, 2.24) is 15.5 Å². The minimum atomic E-state index is -0.421. The van der Waals surface area contributed by atoms with Crippen LogP contribution in [0.25, 0.3) is 0 Å². The SMILES string of the molecule is CCC1NC(=O)C2CC(NC(=O)C3CCCCC3)CCN2C1=O. The van der Waals surface area contributed by atoms with Gasteiger partial charge in [-0.2, -0.15) is 0 Å². The number of hydrogen-bond donors (Lipinski definition) is 2. The number of amides is 3. The zero-order chi connectivity index (χ0) is 16.4. The maximum Gasteiger partial charge on any atom is 0.245 e. The van der Waals surface area contributed by atoms with E-state index in [1.807, 2.05) is 6.92 Å². The molecule has 2 heterocycles. The topological polar surface area (TPSA) is 78.5 Å². The van der Waals surface area contributed by atoms with Gasteiger partial charge < -0.3 is 15.5 Å². The molecule has 3 rings (SSSR count). The number of nitrogens with one attached hydrogen (secondary N) is 2. The van der Waals surface area contributed by atoms with Crippen LogP contribution in [0.5, 0.6) is 0 Å².